The first kappa shape index (κ1) is 20.9. The van der Waals surface area contributed by atoms with E-state index in [-0.39, 0.29) is 33.5 Å². The van der Waals surface area contributed by atoms with Crippen LogP contribution in [0.15, 0.2) is 58.3 Å². The highest BCUT2D eigenvalue weighted by molar-refractivity contribution is 7.11. The molecule has 0 bridgehead atoms. The van der Waals surface area contributed by atoms with Crippen LogP contribution in [0.5, 0.6) is 0 Å². The summed E-state index contributed by atoms with van der Waals surface area (Å²) >= 11 is 6.73. The van der Waals surface area contributed by atoms with Gasteiger partial charge in [-0.05, 0) is 36.2 Å². The Labute approximate surface area is 173 Å². The van der Waals surface area contributed by atoms with Crippen LogP contribution in [0, 0.1) is 11.6 Å². The molecule has 3 rings (SSSR count). The number of halogens is 3. The van der Waals surface area contributed by atoms with Crippen LogP contribution in [-0.2, 0) is 17.7 Å². The summed E-state index contributed by atoms with van der Waals surface area (Å²) in [5.74, 6) is -1.66. The molecule has 0 N–H and O–H groups in total. The van der Waals surface area contributed by atoms with Gasteiger partial charge in [-0.3, -0.25) is 9.36 Å². The van der Waals surface area contributed by atoms with E-state index in [2.05, 4.69) is 9.73 Å². The number of ether oxygens (including phenoxy) is 1. The molecule has 0 saturated carbocycles. The number of carbonyl (C=O) groups excluding carboxylic acids is 1. The Bertz CT molecular complexity index is 1190. The summed E-state index contributed by atoms with van der Waals surface area (Å²) in [6, 6.07) is 11.3. The van der Waals surface area contributed by atoms with Crippen LogP contribution >= 0.6 is 22.9 Å². The van der Waals surface area contributed by atoms with Gasteiger partial charge in [0.15, 0.2) is 4.80 Å². The molecule has 0 aliphatic heterocycles. The van der Waals surface area contributed by atoms with Gasteiger partial charge in [0, 0.05) is 12.6 Å². The third kappa shape index (κ3) is 4.96. The van der Waals surface area contributed by atoms with Crippen molar-refractivity contribution in [3.05, 3.63) is 90.8 Å². The van der Waals surface area contributed by atoms with Gasteiger partial charge in [0.25, 0.3) is 5.56 Å². The Morgan fingerprint density at radius 2 is 1.93 bits per heavy atom. The number of rotatable bonds is 5. The first-order valence-corrected chi connectivity index (χ1v) is 9.65. The zero-order chi connectivity index (χ0) is 21.0. The topological polar surface area (TPSA) is 60.7 Å². The summed E-state index contributed by atoms with van der Waals surface area (Å²) in [7, 11) is 1.20. The molecule has 5 nitrogen and oxygen atoms in total. The first-order valence-electron chi connectivity index (χ1n) is 8.45. The van der Waals surface area contributed by atoms with E-state index in [9.17, 15) is 18.4 Å². The molecule has 9 heteroatoms. The van der Waals surface area contributed by atoms with E-state index in [1.54, 1.807) is 18.2 Å². The largest absolute Gasteiger partial charge is 0.465 e. The van der Waals surface area contributed by atoms with Crippen molar-refractivity contribution in [2.45, 2.75) is 13.0 Å². The number of aromatic nitrogens is 1. The average Bonchev–Trinajstić information content (AvgIpc) is 2.70. The lowest BCUT2D eigenvalue weighted by molar-refractivity contribution is 0.0605. The van der Waals surface area contributed by atoms with Crippen LogP contribution in [0.3, 0.4) is 0 Å². The van der Waals surface area contributed by atoms with Crippen LogP contribution in [-0.4, -0.2) is 17.6 Å². The van der Waals surface area contributed by atoms with Crippen LogP contribution in [0.1, 0.15) is 15.2 Å². The number of esters is 1. The highest BCUT2D eigenvalue weighted by atomic mass is 35.5. The van der Waals surface area contributed by atoms with Crippen molar-refractivity contribution in [1.29, 1.82) is 0 Å². The Balaban J connectivity index is 2.09. The summed E-state index contributed by atoms with van der Waals surface area (Å²) in [5, 5.41) is -0.124. The third-order valence-electron chi connectivity index (χ3n) is 4.03. The predicted molar refractivity (Wildman–Crippen MR) is 107 cm³/mol. The Morgan fingerprint density at radius 3 is 2.62 bits per heavy atom. The van der Waals surface area contributed by atoms with Gasteiger partial charge in [0.2, 0.25) is 0 Å². The van der Waals surface area contributed by atoms with Gasteiger partial charge in [-0.1, -0.05) is 41.1 Å². The predicted octanol–water partition coefficient (Wildman–Crippen LogP) is 4.10. The minimum Gasteiger partial charge on any atom is -0.465 e. The molecule has 1 aromatic heterocycles. The molecule has 0 fully saturated rings. The number of methoxy groups -OCH3 is 1. The lowest BCUT2D eigenvalue weighted by Gasteiger charge is -2.08. The third-order valence-corrected chi connectivity index (χ3v) is 5.32. The van der Waals surface area contributed by atoms with E-state index in [4.69, 9.17) is 11.6 Å². The minimum atomic E-state index is -0.679. The fourth-order valence-corrected chi connectivity index (χ4v) is 3.70. The second-order valence-corrected chi connectivity index (χ2v) is 7.34. The fraction of sp³-hybridized carbons (Fsp3) is 0.150. The zero-order valence-corrected chi connectivity index (χ0v) is 16.8. The molecule has 0 atom stereocenters. The zero-order valence-electron chi connectivity index (χ0n) is 15.2. The van der Waals surface area contributed by atoms with Crippen molar-refractivity contribution < 1.29 is 18.3 Å². The van der Waals surface area contributed by atoms with Gasteiger partial charge in [-0.25, -0.2) is 18.6 Å². The molecule has 0 unspecified atom stereocenters. The number of aryl methyl sites for hydroxylation is 1. The summed E-state index contributed by atoms with van der Waals surface area (Å²) in [6.45, 7) is 0.130. The van der Waals surface area contributed by atoms with Gasteiger partial charge < -0.3 is 4.74 Å². The second kappa shape index (κ2) is 9.11. The molecular formula is C20H15ClF2N2O3S. The number of hydrogen-bond donors (Lipinski definition) is 0. The van der Waals surface area contributed by atoms with Crippen molar-refractivity contribution in [3.8, 4) is 0 Å². The Morgan fingerprint density at radius 1 is 1.17 bits per heavy atom. The second-order valence-electron chi connectivity index (χ2n) is 5.93. The van der Waals surface area contributed by atoms with Gasteiger partial charge in [0.1, 0.15) is 16.5 Å². The lowest BCUT2D eigenvalue weighted by atomic mass is 10.1. The van der Waals surface area contributed by atoms with Gasteiger partial charge in [0.05, 0.1) is 17.8 Å². The molecule has 0 aliphatic carbocycles. The van der Waals surface area contributed by atoms with Crippen molar-refractivity contribution >= 4 is 34.6 Å². The van der Waals surface area contributed by atoms with Gasteiger partial charge in [-0.15, -0.1) is 0 Å². The smallest absolute Gasteiger partial charge is 0.348 e. The van der Waals surface area contributed by atoms with E-state index in [1.807, 2.05) is 0 Å². The maximum Gasteiger partial charge on any atom is 0.348 e. The summed E-state index contributed by atoms with van der Waals surface area (Å²) < 4.78 is 33.3. The van der Waals surface area contributed by atoms with E-state index in [0.717, 1.165) is 23.5 Å². The van der Waals surface area contributed by atoms with Crippen LogP contribution in [0.25, 0.3) is 0 Å². The molecular weight excluding hydrogens is 422 g/mol. The van der Waals surface area contributed by atoms with Crippen molar-refractivity contribution in [2.75, 3.05) is 7.11 Å². The van der Waals surface area contributed by atoms with E-state index >= 15 is 0 Å². The SMILES string of the molecule is COC(=O)c1cc(=O)n(CCc2ccccc2F)c(=Nc2ccc(F)c(Cl)c2)s1. The van der Waals surface area contributed by atoms with Crippen molar-refractivity contribution in [2.24, 2.45) is 4.99 Å². The Hall–Kier alpha value is -2.84. The number of nitrogens with zero attached hydrogens (tertiary/aromatic N) is 2. The lowest BCUT2D eigenvalue weighted by Crippen LogP contribution is -2.33. The van der Waals surface area contributed by atoms with E-state index in [1.165, 1.54) is 29.9 Å². The highest BCUT2D eigenvalue weighted by Gasteiger charge is 2.12. The molecule has 29 heavy (non-hydrogen) atoms. The fourth-order valence-electron chi connectivity index (χ4n) is 2.56. The molecule has 0 saturated heterocycles. The maximum absolute atomic E-state index is 13.9. The maximum atomic E-state index is 13.9. The highest BCUT2D eigenvalue weighted by Crippen LogP contribution is 2.21. The van der Waals surface area contributed by atoms with Gasteiger partial charge >= 0.3 is 5.97 Å². The monoisotopic (exact) mass is 436 g/mol. The Kier molecular flexibility index (Phi) is 6.56. The number of benzene rings is 2. The summed E-state index contributed by atoms with van der Waals surface area (Å²) in [5.41, 5.74) is 0.248. The van der Waals surface area contributed by atoms with Crippen LogP contribution in [0.2, 0.25) is 5.02 Å². The number of carbonyl (C=O) groups is 1. The molecule has 0 radical (unpaired) electrons. The van der Waals surface area contributed by atoms with Gasteiger partial charge in [-0.2, -0.15) is 0 Å². The summed E-state index contributed by atoms with van der Waals surface area (Å²) in [4.78, 5) is 29.1. The molecule has 0 spiro atoms. The van der Waals surface area contributed by atoms with Crippen LogP contribution < -0.4 is 10.4 Å². The first-order chi connectivity index (χ1) is 13.9. The molecule has 3 aromatic rings. The number of hydrogen-bond acceptors (Lipinski definition) is 5. The molecule has 1 heterocycles. The quantitative estimate of drug-likeness (QED) is 0.566. The minimum absolute atomic E-state index is 0.0617. The molecule has 150 valence electrons. The van der Waals surface area contributed by atoms with Crippen molar-refractivity contribution in [1.82, 2.24) is 4.57 Å². The average molecular weight is 437 g/mol. The normalized spacial score (nSPS) is 11.5. The molecule has 0 aliphatic rings. The van der Waals surface area contributed by atoms with E-state index < -0.39 is 17.3 Å². The summed E-state index contributed by atoms with van der Waals surface area (Å²) in [6.07, 6.45) is 0.240. The standard InChI is InChI=1S/C20H15ClF2N2O3S/c1-28-19(27)17-11-18(26)25(9-8-12-4-2-3-5-15(12)22)20(29-17)24-13-6-7-16(23)14(21)10-13/h2-7,10-11H,8-9H2,1H3. The van der Waals surface area contributed by atoms with E-state index in [0.29, 0.717) is 11.3 Å². The molecule has 2 aromatic carbocycles. The van der Waals surface area contributed by atoms with Crippen LogP contribution in [0.4, 0.5) is 14.5 Å². The molecule has 0 amide bonds. The van der Waals surface area contributed by atoms with Crippen molar-refractivity contribution in [3.63, 3.8) is 0 Å².